The minimum absolute atomic E-state index is 0.0783. The molecule has 0 saturated heterocycles. The summed E-state index contributed by atoms with van der Waals surface area (Å²) < 4.78 is 7.38. The molecule has 0 atom stereocenters. The maximum Gasteiger partial charge on any atom is 0.189 e. The summed E-state index contributed by atoms with van der Waals surface area (Å²) in [6, 6.07) is 7.83. The fourth-order valence-electron chi connectivity index (χ4n) is 2.05. The highest BCUT2D eigenvalue weighted by Crippen LogP contribution is 2.36. The van der Waals surface area contributed by atoms with Gasteiger partial charge in [0.2, 0.25) is 0 Å². The topological polar surface area (TPSA) is 31.2 Å². The Labute approximate surface area is 93.3 Å². The van der Waals surface area contributed by atoms with E-state index in [2.05, 4.69) is 4.57 Å². The summed E-state index contributed by atoms with van der Waals surface area (Å²) in [6.07, 6.45) is 4.30. The van der Waals surface area contributed by atoms with Crippen molar-refractivity contribution in [3.63, 3.8) is 0 Å². The lowest BCUT2D eigenvalue weighted by molar-refractivity contribution is 0.415. The Morgan fingerprint density at radius 3 is 2.81 bits per heavy atom. The Hall–Kier alpha value is -1.77. The minimum atomic E-state index is 0.0783. The molecule has 3 heteroatoms. The third-order valence-corrected chi connectivity index (χ3v) is 3.08. The van der Waals surface area contributed by atoms with Crippen LogP contribution in [0.25, 0.3) is 10.9 Å². The average Bonchev–Trinajstić information content (AvgIpc) is 3.13. The van der Waals surface area contributed by atoms with Gasteiger partial charge < -0.3 is 9.30 Å². The molecule has 0 aliphatic heterocycles. The van der Waals surface area contributed by atoms with Gasteiger partial charge in [-0.25, -0.2) is 0 Å². The molecule has 1 aliphatic rings. The van der Waals surface area contributed by atoms with E-state index in [1.165, 1.54) is 12.8 Å². The molecule has 82 valence electrons. The number of ether oxygens (including phenoxy) is 1. The number of aromatic nitrogens is 1. The lowest BCUT2D eigenvalue weighted by Gasteiger charge is -2.10. The first-order chi connectivity index (χ1) is 7.79. The number of hydrogen-bond acceptors (Lipinski definition) is 2. The molecule has 0 N–H and O–H groups in total. The molecule has 1 aromatic carbocycles. The molecule has 1 saturated carbocycles. The van der Waals surface area contributed by atoms with Crippen molar-refractivity contribution < 1.29 is 4.74 Å². The smallest absolute Gasteiger partial charge is 0.189 e. The first-order valence-electron chi connectivity index (χ1n) is 5.48. The van der Waals surface area contributed by atoms with Crippen LogP contribution in [0.2, 0.25) is 0 Å². The summed E-state index contributed by atoms with van der Waals surface area (Å²) in [7, 11) is 1.64. The van der Waals surface area contributed by atoms with Crippen LogP contribution in [-0.4, -0.2) is 11.7 Å². The van der Waals surface area contributed by atoms with Crippen molar-refractivity contribution in [1.29, 1.82) is 0 Å². The molecule has 0 bridgehead atoms. The summed E-state index contributed by atoms with van der Waals surface area (Å²) in [4.78, 5) is 11.7. The molecule has 0 spiro atoms. The highest BCUT2D eigenvalue weighted by molar-refractivity contribution is 5.80. The molecule has 1 fully saturated rings. The van der Waals surface area contributed by atoms with Crippen molar-refractivity contribution in [3.8, 4) is 5.75 Å². The van der Waals surface area contributed by atoms with Gasteiger partial charge in [-0.1, -0.05) is 0 Å². The molecule has 0 unspecified atom stereocenters. The van der Waals surface area contributed by atoms with Crippen LogP contribution < -0.4 is 10.2 Å². The second-order valence-electron chi connectivity index (χ2n) is 4.20. The van der Waals surface area contributed by atoms with E-state index in [-0.39, 0.29) is 5.43 Å². The third kappa shape index (κ3) is 1.40. The van der Waals surface area contributed by atoms with E-state index in [4.69, 9.17) is 4.74 Å². The molecule has 0 radical (unpaired) electrons. The molecule has 3 nitrogen and oxygen atoms in total. The SMILES string of the molecule is COc1ccc2c(=O)ccn(C3CC3)c2c1. The number of benzene rings is 1. The summed E-state index contributed by atoms with van der Waals surface area (Å²) in [6.45, 7) is 0. The zero-order valence-electron chi connectivity index (χ0n) is 9.14. The van der Waals surface area contributed by atoms with E-state index in [9.17, 15) is 4.79 Å². The summed E-state index contributed by atoms with van der Waals surface area (Å²) in [5.41, 5.74) is 1.06. The highest BCUT2D eigenvalue weighted by Gasteiger charge is 2.24. The molecule has 1 aromatic heterocycles. The van der Waals surface area contributed by atoms with Crippen molar-refractivity contribution in [2.24, 2.45) is 0 Å². The second-order valence-corrected chi connectivity index (χ2v) is 4.20. The standard InChI is InChI=1S/C13H13NO2/c1-16-10-4-5-11-12(8-10)14(9-2-3-9)7-6-13(11)15/h4-9H,2-3H2,1H3. The predicted molar refractivity (Wildman–Crippen MR) is 63.0 cm³/mol. The van der Waals surface area contributed by atoms with E-state index in [1.807, 2.05) is 24.4 Å². The van der Waals surface area contributed by atoms with Gasteiger partial charge in [0.1, 0.15) is 5.75 Å². The Bertz CT molecular complexity index is 596. The number of hydrogen-bond donors (Lipinski definition) is 0. The van der Waals surface area contributed by atoms with Gasteiger partial charge in [0.15, 0.2) is 5.43 Å². The van der Waals surface area contributed by atoms with Crippen molar-refractivity contribution >= 4 is 10.9 Å². The van der Waals surface area contributed by atoms with Crippen LogP contribution in [0.4, 0.5) is 0 Å². The van der Waals surface area contributed by atoms with Crippen LogP contribution in [0.15, 0.2) is 35.3 Å². The van der Waals surface area contributed by atoms with Crippen LogP contribution in [-0.2, 0) is 0 Å². The Morgan fingerprint density at radius 1 is 1.31 bits per heavy atom. The van der Waals surface area contributed by atoms with E-state index in [0.29, 0.717) is 6.04 Å². The maximum absolute atomic E-state index is 11.7. The summed E-state index contributed by atoms with van der Waals surface area (Å²) >= 11 is 0. The third-order valence-electron chi connectivity index (χ3n) is 3.08. The predicted octanol–water partition coefficient (Wildman–Crippen LogP) is 2.34. The normalized spacial score (nSPS) is 15.3. The zero-order chi connectivity index (χ0) is 11.1. The molecule has 1 aliphatic carbocycles. The maximum atomic E-state index is 11.7. The molecular formula is C13H13NO2. The summed E-state index contributed by atoms with van der Waals surface area (Å²) in [5, 5.41) is 0.773. The fraction of sp³-hybridized carbons (Fsp3) is 0.308. The fourth-order valence-corrected chi connectivity index (χ4v) is 2.05. The number of pyridine rings is 1. The minimum Gasteiger partial charge on any atom is -0.497 e. The molecule has 1 heterocycles. The van der Waals surface area contributed by atoms with Crippen LogP contribution in [0.3, 0.4) is 0 Å². The first kappa shape index (κ1) is 9.46. The van der Waals surface area contributed by atoms with Gasteiger partial charge in [-0.05, 0) is 25.0 Å². The van der Waals surface area contributed by atoms with E-state index in [1.54, 1.807) is 13.2 Å². The van der Waals surface area contributed by atoms with Crippen molar-refractivity contribution in [2.75, 3.05) is 7.11 Å². The first-order valence-corrected chi connectivity index (χ1v) is 5.48. The van der Waals surface area contributed by atoms with Crippen molar-refractivity contribution in [3.05, 3.63) is 40.7 Å². The Balaban J connectivity index is 2.33. The number of methoxy groups -OCH3 is 1. The second kappa shape index (κ2) is 3.37. The van der Waals surface area contributed by atoms with Crippen LogP contribution in [0.5, 0.6) is 5.75 Å². The van der Waals surface area contributed by atoms with Crippen molar-refractivity contribution in [1.82, 2.24) is 4.57 Å². The van der Waals surface area contributed by atoms with Crippen LogP contribution >= 0.6 is 0 Å². The Morgan fingerprint density at radius 2 is 2.12 bits per heavy atom. The van der Waals surface area contributed by atoms with Gasteiger partial charge in [-0.15, -0.1) is 0 Å². The molecule has 0 amide bonds. The highest BCUT2D eigenvalue weighted by atomic mass is 16.5. The van der Waals surface area contributed by atoms with Gasteiger partial charge >= 0.3 is 0 Å². The molecular weight excluding hydrogens is 202 g/mol. The van der Waals surface area contributed by atoms with Crippen molar-refractivity contribution in [2.45, 2.75) is 18.9 Å². The van der Waals surface area contributed by atoms with E-state index < -0.39 is 0 Å². The van der Waals surface area contributed by atoms with Crippen LogP contribution in [0, 0.1) is 0 Å². The van der Waals surface area contributed by atoms with Crippen LogP contribution in [0.1, 0.15) is 18.9 Å². The number of fused-ring (bicyclic) bond motifs is 1. The number of rotatable bonds is 2. The van der Waals surface area contributed by atoms with E-state index >= 15 is 0 Å². The molecule has 16 heavy (non-hydrogen) atoms. The molecule has 2 aromatic rings. The average molecular weight is 215 g/mol. The lowest BCUT2D eigenvalue weighted by atomic mass is 10.2. The zero-order valence-corrected chi connectivity index (χ0v) is 9.14. The van der Waals surface area contributed by atoms with Gasteiger partial charge in [-0.3, -0.25) is 4.79 Å². The Kier molecular flexibility index (Phi) is 1.99. The molecule has 3 rings (SSSR count). The lowest BCUT2D eigenvalue weighted by Crippen LogP contribution is -2.06. The summed E-state index contributed by atoms with van der Waals surface area (Å²) in [5.74, 6) is 0.799. The van der Waals surface area contributed by atoms with Gasteiger partial charge in [0.05, 0.1) is 12.6 Å². The number of nitrogens with zero attached hydrogens (tertiary/aromatic N) is 1. The largest absolute Gasteiger partial charge is 0.497 e. The van der Waals surface area contributed by atoms with Gasteiger partial charge in [0, 0.05) is 29.8 Å². The van der Waals surface area contributed by atoms with E-state index in [0.717, 1.165) is 16.7 Å². The quantitative estimate of drug-likeness (QED) is 0.770. The van der Waals surface area contributed by atoms with Gasteiger partial charge in [0.25, 0.3) is 0 Å². The van der Waals surface area contributed by atoms with Gasteiger partial charge in [-0.2, -0.15) is 0 Å². The monoisotopic (exact) mass is 215 g/mol.